The van der Waals surface area contributed by atoms with E-state index in [2.05, 4.69) is 13.8 Å². The zero-order chi connectivity index (χ0) is 8.69. The molecule has 0 heterocycles. The summed E-state index contributed by atoms with van der Waals surface area (Å²) in [7, 11) is 0. The first kappa shape index (κ1) is 10.5. The molecule has 66 valence electrons. The van der Waals surface area contributed by atoms with E-state index in [4.69, 9.17) is 0 Å². The maximum Gasteiger partial charge on any atom is 0.209 e. The lowest BCUT2D eigenvalue weighted by molar-refractivity contribution is -0.119. The van der Waals surface area contributed by atoms with Gasteiger partial charge in [0.05, 0.1) is 0 Å². The minimum atomic E-state index is 0.414. The second kappa shape index (κ2) is 6.20. The van der Waals surface area contributed by atoms with Crippen LogP contribution in [0.4, 0.5) is 0 Å². The van der Waals surface area contributed by atoms with E-state index in [1.54, 1.807) is 0 Å². The van der Waals surface area contributed by atoms with Gasteiger partial charge in [-0.2, -0.15) is 0 Å². The molecule has 0 saturated heterocycles. The maximum atomic E-state index is 10.5. The Morgan fingerprint density at radius 2 is 2.09 bits per heavy atom. The molecule has 0 bridgehead atoms. The third-order valence-corrected chi connectivity index (χ3v) is 2.04. The molecule has 1 amide bonds. The highest BCUT2D eigenvalue weighted by Gasteiger charge is 2.07. The molecule has 2 nitrogen and oxygen atoms in total. The van der Waals surface area contributed by atoms with Crippen LogP contribution in [0.3, 0.4) is 0 Å². The molecular weight excluding hydrogens is 138 g/mol. The van der Waals surface area contributed by atoms with E-state index >= 15 is 0 Å². The van der Waals surface area contributed by atoms with Crippen LogP contribution in [0.2, 0.25) is 0 Å². The van der Waals surface area contributed by atoms with Gasteiger partial charge in [-0.05, 0) is 20.3 Å². The lowest BCUT2D eigenvalue weighted by Crippen LogP contribution is -2.31. The Balaban J connectivity index is 3.59. The molecule has 0 aliphatic heterocycles. The standard InChI is InChI=1S/C9H19NO/c1-4-6-7-9(3)10(5-2)8-11/h8-9H,4-7H2,1-3H3. The van der Waals surface area contributed by atoms with Crippen LogP contribution in [0.5, 0.6) is 0 Å². The summed E-state index contributed by atoms with van der Waals surface area (Å²) in [6, 6.07) is 0.414. The lowest BCUT2D eigenvalue weighted by atomic mass is 10.1. The minimum absolute atomic E-state index is 0.414. The monoisotopic (exact) mass is 157 g/mol. The fourth-order valence-corrected chi connectivity index (χ4v) is 1.16. The predicted octanol–water partition coefficient (Wildman–Crippen LogP) is 2.04. The summed E-state index contributed by atoms with van der Waals surface area (Å²) in [6.07, 6.45) is 4.50. The Bertz CT molecular complexity index is 104. The number of rotatable bonds is 6. The fraction of sp³-hybridized carbons (Fsp3) is 0.889. The van der Waals surface area contributed by atoms with Crippen LogP contribution in [-0.2, 0) is 4.79 Å². The van der Waals surface area contributed by atoms with E-state index in [0.29, 0.717) is 6.04 Å². The third-order valence-electron chi connectivity index (χ3n) is 2.04. The van der Waals surface area contributed by atoms with Gasteiger partial charge < -0.3 is 4.90 Å². The maximum absolute atomic E-state index is 10.5. The highest BCUT2D eigenvalue weighted by Crippen LogP contribution is 2.05. The summed E-state index contributed by atoms with van der Waals surface area (Å²) in [6.45, 7) is 7.11. The van der Waals surface area contributed by atoms with Crippen molar-refractivity contribution in [2.75, 3.05) is 6.54 Å². The molecule has 0 aromatic heterocycles. The molecule has 0 aliphatic carbocycles. The molecule has 0 aromatic rings. The molecule has 1 unspecified atom stereocenters. The smallest absolute Gasteiger partial charge is 0.209 e. The van der Waals surface area contributed by atoms with Crippen LogP contribution in [0.15, 0.2) is 0 Å². The number of amides is 1. The SMILES string of the molecule is CCCCC(C)N(C=O)CC. The van der Waals surface area contributed by atoms with Gasteiger partial charge in [0.15, 0.2) is 0 Å². The van der Waals surface area contributed by atoms with E-state index < -0.39 is 0 Å². The van der Waals surface area contributed by atoms with Crippen LogP contribution in [0.25, 0.3) is 0 Å². The van der Waals surface area contributed by atoms with E-state index in [0.717, 1.165) is 19.4 Å². The minimum Gasteiger partial charge on any atom is -0.343 e. The van der Waals surface area contributed by atoms with Gasteiger partial charge in [0.1, 0.15) is 0 Å². The number of carbonyl (C=O) groups excluding carboxylic acids is 1. The summed E-state index contributed by atoms with van der Waals surface area (Å²) < 4.78 is 0. The normalized spacial score (nSPS) is 12.6. The van der Waals surface area contributed by atoms with Crippen molar-refractivity contribution < 1.29 is 4.79 Å². The summed E-state index contributed by atoms with van der Waals surface area (Å²) in [4.78, 5) is 12.3. The molecule has 11 heavy (non-hydrogen) atoms. The summed E-state index contributed by atoms with van der Waals surface area (Å²) in [5.74, 6) is 0. The predicted molar refractivity (Wildman–Crippen MR) is 47.4 cm³/mol. The first-order valence-electron chi connectivity index (χ1n) is 4.47. The fourth-order valence-electron chi connectivity index (χ4n) is 1.16. The Kier molecular flexibility index (Phi) is 5.90. The van der Waals surface area contributed by atoms with Gasteiger partial charge in [-0.3, -0.25) is 4.79 Å². The molecule has 1 atom stereocenters. The van der Waals surface area contributed by atoms with Crippen LogP contribution >= 0.6 is 0 Å². The molecule has 0 aromatic carbocycles. The number of unbranched alkanes of at least 4 members (excludes halogenated alkanes) is 1. The number of hydrogen-bond donors (Lipinski definition) is 0. The van der Waals surface area contributed by atoms with Gasteiger partial charge in [0, 0.05) is 12.6 Å². The van der Waals surface area contributed by atoms with Gasteiger partial charge in [-0.25, -0.2) is 0 Å². The molecule has 0 aliphatic rings. The number of hydrogen-bond acceptors (Lipinski definition) is 1. The van der Waals surface area contributed by atoms with Gasteiger partial charge in [0.25, 0.3) is 0 Å². The van der Waals surface area contributed by atoms with Crippen molar-refractivity contribution in [3.8, 4) is 0 Å². The second-order valence-corrected chi connectivity index (χ2v) is 2.93. The molecule has 0 spiro atoms. The average Bonchev–Trinajstić information content (AvgIpc) is 2.03. The van der Waals surface area contributed by atoms with Gasteiger partial charge in [-0.1, -0.05) is 19.8 Å². The Morgan fingerprint density at radius 1 is 1.45 bits per heavy atom. The average molecular weight is 157 g/mol. The van der Waals surface area contributed by atoms with Crippen molar-refractivity contribution in [2.24, 2.45) is 0 Å². The zero-order valence-electron chi connectivity index (χ0n) is 7.84. The van der Waals surface area contributed by atoms with E-state index in [-0.39, 0.29) is 0 Å². The summed E-state index contributed by atoms with van der Waals surface area (Å²) in [5.41, 5.74) is 0. The lowest BCUT2D eigenvalue weighted by Gasteiger charge is -2.23. The van der Waals surface area contributed by atoms with Gasteiger partial charge in [0.2, 0.25) is 6.41 Å². The Hall–Kier alpha value is -0.530. The van der Waals surface area contributed by atoms with Crippen molar-refractivity contribution in [2.45, 2.75) is 46.1 Å². The van der Waals surface area contributed by atoms with Crippen molar-refractivity contribution in [3.05, 3.63) is 0 Å². The molecular formula is C9H19NO. The molecule has 0 saturated carbocycles. The van der Waals surface area contributed by atoms with Crippen molar-refractivity contribution >= 4 is 6.41 Å². The third kappa shape index (κ3) is 4.02. The quantitative estimate of drug-likeness (QED) is 0.540. The van der Waals surface area contributed by atoms with E-state index in [1.165, 1.54) is 12.8 Å². The second-order valence-electron chi connectivity index (χ2n) is 2.93. The van der Waals surface area contributed by atoms with Gasteiger partial charge in [-0.15, -0.1) is 0 Å². The largest absolute Gasteiger partial charge is 0.343 e. The van der Waals surface area contributed by atoms with Gasteiger partial charge >= 0.3 is 0 Å². The Labute approximate surface area is 69.6 Å². The van der Waals surface area contributed by atoms with Crippen LogP contribution in [0, 0.1) is 0 Å². The Morgan fingerprint density at radius 3 is 2.45 bits per heavy atom. The van der Waals surface area contributed by atoms with E-state index in [1.807, 2.05) is 11.8 Å². The molecule has 0 radical (unpaired) electrons. The van der Waals surface area contributed by atoms with Crippen molar-refractivity contribution in [3.63, 3.8) is 0 Å². The first-order valence-corrected chi connectivity index (χ1v) is 4.47. The van der Waals surface area contributed by atoms with Crippen LogP contribution < -0.4 is 0 Å². The molecule has 0 rings (SSSR count). The van der Waals surface area contributed by atoms with Crippen molar-refractivity contribution in [1.82, 2.24) is 4.90 Å². The van der Waals surface area contributed by atoms with Crippen LogP contribution in [0.1, 0.15) is 40.0 Å². The molecule has 0 N–H and O–H groups in total. The highest BCUT2D eigenvalue weighted by atomic mass is 16.1. The number of carbonyl (C=O) groups is 1. The number of nitrogens with zero attached hydrogens (tertiary/aromatic N) is 1. The zero-order valence-corrected chi connectivity index (χ0v) is 7.84. The summed E-state index contributed by atoms with van der Waals surface area (Å²) in [5, 5.41) is 0. The highest BCUT2D eigenvalue weighted by molar-refractivity contribution is 5.47. The first-order chi connectivity index (χ1) is 5.26. The van der Waals surface area contributed by atoms with Crippen LogP contribution in [-0.4, -0.2) is 23.9 Å². The molecule has 2 heteroatoms. The van der Waals surface area contributed by atoms with E-state index in [9.17, 15) is 4.79 Å². The summed E-state index contributed by atoms with van der Waals surface area (Å²) >= 11 is 0. The molecule has 0 fully saturated rings. The topological polar surface area (TPSA) is 20.3 Å². The van der Waals surface area contributed by atoms with Crippen molar-refractivity contribution in [1.29, 1.82) is 0 Å².